The monoisotopic (exact) mass is 296 g/mol. The van der Waals surface area contributed by atoms with Gasteiger partial charge in [0.05, 0.1) is 0 Å². The third-order valence-electron chi connectivity index (χ3n) is 3.23. The molecule has 2 rings (SSSR count). The van der Waals surface area contributed by atoms with Crippen molar-refractivity contribution in [1.82, 2.24) is 4.90 Å². The van der Waals surface area contributed by atoms with Crippen molar-refractivity contribution in [2.24, 2.45) is 5.73 Å². The summed E-state index contributed by atoms with van der Waals surface area (Å²) in [4.78, 5) is 14.3. The van der Waals surface area contributed by atoms with E-state index in [2.05, 4.69) is 15.9 Å². The minimum atomic E-state index is 0.0986. The van der Waals surface area contributed by atoms with E-state index in [0.717, 1.165) is 29.4 Å². The highest BCUT2D eigenvalue weighted by Gasteiger charge is 2.26. The Balaban J connectivity index is 2.18. The molecular weight excluding hydrogens is 280 g/mol. The standard InChI is InChI=1S/C13H17BrN2O/c14-11-5-3-4-10(8-11)13(17)16-7-2-1-6-12(16)9-15/h3-5,8,12H,1-2,6-7,9,15H2/t12-/m1/s1. The lowest BCUT2D eigenvalue weighted by Gasteiger charge is -2.35. The lowest BCUT2D eigenvalue weighted by Crippen LogP contribution is -2.47. The van der Waals surface area contributed by atoms with E-state index in [1.807, 2.05) is 29.2 Å². The number of nitrogens with two attached hydrogens (primary N) is 1. The lowest BCUT2D eigenvalue weighted by molar-refractivity contribution is 0.0623. The van der Waals surface area contributed by atoms with Crippen molar-refractivity contribution >= 4 is 21.8 Å². The Morgan fingerprint density at radius 2 is 2.29 bits per heavy atom. The largest absolute Gasteiger partial charge is 0.334 e. The second-order valence-corrected chi connectivity index (χ2v) is 5.31. The molecule has 1 fully saturated rings. The number of benzene rings is 1. The van der Waals surface area contributed by atoms with E-state index >= 15 is 0 Å². The Bertz CT molecular complexity index is 408. The van der Waals surface area contributed by atoms with Crippen molar-refractivity contribution in [3.05, 3.63) is 34.3 Å². The molecule has 2 N–H and O–H groups in total. The molecule has 92 valence electrons. The smallest absolute Gasteiger partial charge is 0.254 e. The predicted molar refractivity (Wildman–Crippen MR) is 71.9 cm³/mol. The molecule has 0 unspecified atom stereocenters. The van der Waals surface area contributed by atoms with Gasteiger partial charge in [-0.1, -0.05) is 22.0 Å². The molecule has 17 heavy (non-hydrogen) atoms. The van der Waals surface area contributed by atoms with Crippen molar-refractivity contribution in [1.29, 1.82) is 0 Å². The first kappa shape index (κ1) is 12.6. The fraction of sp³-hybridized carbons (Fsp3) is 0.462. The van der Waals surface area contributed by atoms with E-state index in [0.29, 0.717) is 6.54 Å². The molecule has 4 heteroatoms. The van der Waals surface area contributed by atoms with Gasteiger partial charge in [-0.2, -0.15) is 0 Å². The van der Waals surface area contributed by atoms with Gasteiger partial charge < -0.3 is 10.6 Å². The molecule has 1 aromatic carbocycles. The third kappa shape index (κ3) is 2.87. The summed E-state index contributed by atoms with van der Waals surface area (Å²) in [5, 5.41) is 0. The molecule has 1 aliphatic heterocycles. The molecule has 1 aromatic rings. The number of rotatable bonds is 2. The van der Waals surface area contributed by atoms with Crippen molar-refractivity contribution < 1.29 is 4.79 Å². The number of carbonyl (C=O) groups excluding carboxylic acids is 1. The zero-order chi connectivity index (χ0) is 12.3. The molecule has 0 bridgehead atoms. The van der Waals surface area contributed by atoms with Crippen LogP contribution in [-0.4, -0.2) is 29.9 Å². The average molecular weight is 297 g/mol. The fourth-order valence-corrected chi connectivity index (χ4v) is 2.70. The highest BCUT2D eigenvalue weighted by molar-refractivity contribution is 9.10. The molecule has 1 heterocycles. The number of likely N-dealkylation sites (tertiary alicyclic amines) is 1. The zero-order valence-electron chi connectivity index (χ0n) is 9.73. The van der Waals surface area contributed by atoms with Gasteiger partial charge in [0.25, 0.3) is 5.91 Å². The Labute approximate surface area is 110 Å². The summed E-state index contributed by atoms with van der Waals surface area (Å²) >= 11 is 3.39. The summed E-state index contributed by atoms with van der Waals surface area (Å²) < 4.78 is 0.935. The van der Waals surface area contributed by atoms with Crippen LogP contribution < -0.4 is 5.73 Å². The summed E-state index contributed by atoms with van der Waals surface area (Å²) in [5.41, 5.74) is 6.47. The average Bonchev–Trinajstić information content (AvgIpc) is 2.38. The molecule has 1 saturated heterocycles. The summed E-state index contributed by atoms with van der Waals surface area (Å²) in [5.74, 6) is 0.0986. The normalized spacial score (nSPS) is 20.4. The van der Waals surface area contributed by atoms with Crippen LogP contribution in [0.5, 0.6) is 0 Å². The molecule has 0 aromatic heterocycles. The number of carbonyl (C=O) groups is 1. The van der Waals surface area contributed by atoms with Crippen LogP contribution in [0.15, 0.2) is 28.7 Å². The number of piperidine rings is 1. The highest BCUT2D eigenvalue weighted by Crippen LogP contribution is 2.20. The van der Waals surface area contributed by atoms with Gasteiger partial charge in [0.15, 0.2) is 0 Å². The molecule has 3 nitrogen and oxygen atoms in total. The summed E-state index contributed by atoms with van der Waals surface area (Å²) in [7, 11) is 0. The molecule has 0 radical (unpaired) electrons. The maximum atomic E-state index is 12.4. The van der Waals surface area contributed by atoms with Gasteiger partial charge in [-0.05, 0) is 37.5 Å². The fourth-order valence-electron chi connectivity index (χ4n) is 2.30. The Kier molecular flexibility index (Phi) is 4.18. The summed E-state index contributed by atoms with van der Waals surface area (Å²) in [6.45, 7) is 1.38. The number of nitrogens with zero attached hydrogens (tertiary/aromatic N) is 1. The molecular formula is C13H17BrN2O. The highest BCUT2D eigenvalue weighted by atomic mass is 79.9. The quantitative estimate of drug-likeness (QED) is 0.911. The van der Waals surface area contributed by atoms with Crippen LogP contribution >= 0.6 is 15.9 Å². The number of hydrogen-bond acceptors (Lipinski definition) is 2. The van der Waals surface area contributed by atoms with Gasteiger partial charge in [0, 0.05) is 29.2 Å². The SMILES string of the molecule is NC[C@H]1CCCCN1C(=O)c1cccc(Br)c1. The first-order valence-corrected chi connectivity index (χ1v) is 6.78. The van der Waals surface area contributed by atoms with Gasteiger partial charge in [0.1, 0.15) is 0 Å². The van der Waals surface area contributed by atoms with E-state index in [9.17, 15) is 4.79 Å². The minimum absolute atomic E-state index is 0.0986. The first-order valence-electron chi connectivity index (χ1n) is 5.99. The van der Waals surface area contributed by atoms with E-state index in [1.165, 1.54) is 6.42 Å². The number of hydrogen-bond donors (Lipinski definition) is 1. The number of halogens is 1. The molecule has 1 aliphatic rings. The van der Waals surface area contributed by atoms with Crippen LogP contribution in [0.2, 0.25) is 0 Å². The van der Waals surface area contributed by atoms with Gasteiger partial charge in [-0.3, -0.25) is 4.79 Å². The van der Waals surface area contributed by atoms with Gasteiger partial charge in [0.2, 0.25) is 0 Å². The van der Waals surface area contributed by atoms with Crippen LogP contribution in [0.25, 0.3) is 0 Å². The van der Waals surface area contributed by atoms with E-state index in [1.54, 1.807) is 0 Å². The molecule has 0 spiro atoms. The third-order valence-corrected chi connectivity index (χ3v) is 3.72. The van der Waals surface area contributed by atoms with E-state index in [4.69, 9.17) is 5.73 Å². The topological polar surface area (TPSA) is 46.3 Å². The molecule has 0 aliphatic carbocycles. The zero-order valence-corrected chi connectivity index (χ0v) is 11.3. The van der Waals surface area contributed by atoms with Crippen LogP contribution in [0, 0.1) is 0 Å². The summed E-state index contributed by atoms with van der Waals surface area (Å²) in [6.07, 6.45) is 3.27. The predicted octanol–water partition coefficient (Wildman–Crippen LogP) is 2.40. The first-order chi connectivity index (χ1) is 8.22. The number of amides is 1. The van der Waals surface area contributed by atoms with Crippen molar-refractivity contribution in [2.45, 2.75) is 25.3 Å². The van der Waals surface area contributed by atoms with Crippen LogP contribution in [-0.2, 0) is 0 Å². The lowest BCUT2D eigenvalue weighted by atomic mass is 10.0. The van der Waals surface area contributed by atoms with Crippen LogP contribution in [0.3, 0.4) is 0 Å². The summed E-state index contributed by atoms with van der Waals surface area (Å²) in [6, 6.07) is 7.74. The molecule has 1 amide bonds. The molecule has 0 saturated carbocycles. The Morgan fingerprint density at radius 1 is 1.47 bits per heavy atom. The maximum Gasteiger partial charge on any atom is 0.254 e. The van der Waals surface area contributed by atoms with Crippen LogP contribution in [0.1, 0.15) is 29.6 Å². The Hall–Kier alpha value is -0.870. The van der Waals surface area contributed by atoms with E-state index < -0.39 is 0 Å². The van der Waals surface area contributed by atoms with Crippen molar-refractivity contribution in [3.63, 3.8) is 0 Å². The Morgan fingerprint density at radius 3 is 3.00 bits per heavy atom. The molecule has 1 atom stereocenters. The van der Waals surface area contributed by atoms with Gasteiger partial charge in [-0.25, -0.2) is 0 Å². The maximum absolute atomic E-state index is 12.4. The van der Waals surface area contributed by atoms with Gasteiger partial charge in [-0.15, -0.1) is 0 Å². The van der Waals surface area contributed by atoms with Crippen molar-refractivity contribution in [3.8, 4) is 0 Å². The van der Waals surface area contributed by atoms with Crippen molar-refractivity contribution in [2.75, 3.05) is 13.1 Å². The second kappa shape index (κ2) is 5.65. The van der Waals surface area contributed by atoms with E-state index in [-0.39, 0.29) is 11.9 Å². The minimum Gasteiger partial charge on any atom is -0.334 e. The second-order valence-electron chi connectivity index (χ2n) is 4.39. The van der Waals surface area contributed by atoms with Crippen LogP contribution in [0.4, 0.5) is 0 Å². The van der Waals surface area contributed by atoms with Gasteiger partial charge >= 0.3 is 0 Å².